The molecule has 1 unspecified atom stereocenters. The van der Waals surface area contributed by atoms with E-state index in [0.29, 0.717) is 19.3 Å². The van der Waals surface area contributed by atoms with Crippen LogP contribution in [0.15, 0.2) is 0 Å². The van der Waals surface area contributed by atoms with Crippen LogP contribution in [0.1, 0.15) is 38.5 Å². The summed E-state index contributed by atoms with van der Waals surface area (Å²) in [7, 11) is 0. The minimum absolute atomic E-state index is 0.0368. The number of terminal acetylenes is 1. The molecule has 4 heteroatoms. The lowest BCUT2D eigenvalue weighted by Gasteiger charge is -2.32. The van der Waals surface area contributed by atoms with Gasteiger partial charge in [0.2, 0.25) is 0 Å². The Kier molecular flexibility index (Phi) is 4.67. The Morgan fingerprint density at radius 3 is 2.25 bits per heavy atom. The number of nitrogens with two attached hydrogens (primary N) is 1. The van der Waals surface area contributed by atoms with Crippen molar-refractivity contribution in [3.05, 3.63) is 0 Å². The van der Waals surface area contributed by atoms with E-state index in [-0.39, 0.29) is 24.8 Å². The molecule has 16 heavy (non-hydrogen) atoms. The van der Waals surface area contributed by atoms with Crippen LogP contribution in [0.25, 0.3) is 0 Å². The molecule has 0 aromatic carbocycles. The summed E-state index contributed by atoms with van der Waals surface area (Å²) in [6.07, 6.45) is 4.03. The van der Waals surface area contributed by atoms with Crippen molar-refractivity contribution in [2.24, 2.45) is 17.6 Å². The molecule has 1 nitrogen and oxygen atoms in total. The van der Waals surface area contributed by atoms with E-state index in [1.807, 2.05) is 0 Å². The van der Waals surface area contributed by atoms with Crippen LogP contribution < -0.4 is 5.73 Å². The van der Waals surface area contributed by atoms with Crippen molar-refractivity contribution in [1.29, 1.82) is 0 Å². The number of halogens is 3. The Labute approximate surface area is 94.6 Å². The molecule has 0 spiro atoms. The molecule has 0 bridgehead atoms. The minimum atomic E-state index is -4.03. The Hall–Kier alpha value is -0.690. The van der Waals surface area contributed by atoms with E-state index in [1.54, 1.807) is 0 Å². The van der Waals surface area contributed by atoms with Gasteiger partial charge in [-0.2, -0.15) is 13.2 Å². The predicted octanol–water partition coefficient (Wildman–Crippen LogP) is 3.10. The van der Waals surface area contributed by atoms with Crippen molar-refractivity contribution >= 4 is 0 Å². The summed E-state index contributed by atoms with van der Waals surface area (Å²) in [4.78, 5) is 0. The van der Waals surface area contributed by atoms with Gasteiger partial charge in [0.25, 0.3) is 0 Å². The average molecular weight is 233 g/mol. The molecule has 0 aromatic rings. The van der Waals surface area contributed by atoms with Crippen LogP contribution in [0, 0.1) is 24.2 Å². The summed E-state index contributed by atoms with van der Waals surface area (Å²) in [5.74, 6) is 1.60. The van der Waals surface area contributed by atoms with Gasteiger partial charge in [0, 0.05) is 12.5 Å². The zero-order valence-electron chi connectivity index (χ0n) is 9.26. The molecular formula is C12H18F3N. The van der Waals surface area contributed by atoms with Crippen molar-refractivity contribution in [1.82, 2.24) is 0 Å². The SMILES string of the molecule is C#CCCC(N)C1CCC(C(F)(F)F)CC1. The highest BCUT2D eigenvalue weighted by Crippen LogP contribution is 2.40. The molecule has 0 aromatic heterocycles. The quantitative estimate of drug-likeness (QED) is 0.745. The van der Waals surface area contributed by atoms with Gasteiger partial charge in [0.05, 0.1) is 5.92 Å². The van der Waals surface area contributed by atoms with Crippen LogP contribution in [-0.4, -0.2) is 12.2 Å². The van der Waals surface area contributed by atoms with E-state index in [4.69, 9.17) is 12.2 Å². The molecule has 1 fully saturated rings. The fourth-order valence-corrected chi connectivity index (χ4v) is 2.36. The van der Waals surface area contributed by atoms with E-state index in [9.17, 15) is 13.2 Å². The van der Waals surface area contributed by atoms with Gasteiger partial charge >= 0.3 is 6.18 Å². The normalized spacial score (nSPS) is 28.4. The molecule has 0 aliphatic heterocycles. The van der Waals surface area contributed by atoms with E-state index >= 15 is 0 Å². The Bertz CT molecular complexity index is 246. The number of alkyl halides is 3. The first-order valence-electron chi connectivity index (χ1n) is 5.71. The van der Waals surface area contributed by atoms with E-state index in [1.165, 1.54) is 0 Å². The highest BCUT2D eigenvalue weighted by Gasteiger charge is 2.41. The molecule has 0 saturated heterocycles. The lowest BCUT2D eigenvalue weighted by Crippen LogP contribution is -2.36. The molecule has 0 radical (unpaired) electrons. The third kappa shape index (κ3) is 3.71. The highest BCUT2D eigenvalue weighted by atomic mass is 19.4. The zero-order chi connectivity index (χ0) is 12.2. The van der Waals surface area contributed by atoms with Gasteiger partial charge in [0.1, 0.15) is 0 Å². The van der Waals surface area contributed by atoms with E-state index in [2.05, 4.69) is 5.92 Å². The molecule has 0 heterocycles. The van der Waals surface area contributed by atoms with Crippen molar-refractivity contribution < 1.29 is 13.2 Å². The second-order valence-corrected chi connectivity index (χ2v) is 4.56. The summed E-state index contributed by atoms with van der Waals surface area (Å²) < 4.78 is 37.2. The van der Waals surface area contributed by atoms with Gasteiger partial charge in [-0.25, -0.2) is 0 Å². The molecule has 1 aliphatic carbocycles. The monoisotopic (exact) mass is 233 g/mol. The minimum Gasteiger partial charge on any atom is -0.327 e. The first-order valence-corrected chi connectivity index (χ1v) is 5.71. The lowest BCUT2D eigenvalue weighted by molar-refractivity contribution is -0.184. The Morgan fingerprint density at radius 1 is 1.25 bits per heavy atom. The van der Waals surface area contributed by atoms with Gasteiger partial charge < -0.3 is 5.73 Å². The van der Waals surface area contributed by atoms with Crippen LogP contribution in [0.4, 0.5) is 13.2 Å². The predicted molar refractivity (Wildman–Crippen MR) is 57.5 cm³/mol. The summed E-state index contributed by atoms with van der Waals surface area (Å²) in [6, 6.07) is -0.0368. The summed E-state index contributed by atoms with van der Waals surface area (Å²) >= 11 is 0. The number of rotatable bonds is 3. The van der Waals surface area contributed by atoms with Gasteiger partial charge in [-0.1, -0.05) is 0 Å². The zero-order valence-corrected chi connectivity index (χ0v) is 9.26. The number of hydrogen-bond donors (Lipinski definition) is 1. The average Bonchev–Trinajstić information content (AvgIpc) is 2.25. The topological polar surface area (TPSA) is 26.0 Å². The van der Waals surface area contributed by atoms with Gasteiger partial charge in [-0.15, -0.1) is 12.3 Å². The third-order valence-corrected chi connectivity index (χ3v) is 3.46. The maximum Gasteiger partial charge on any atom is 0.391 e. The second-order valence-electron chi connectivity index (χ2n) is 4.56. The van der Waals surface area contributed by atoms with Crippen LogP contribution in [0.5, 0.6) is 0 Å². The van der Waals surface area contributed by atoms with Crippen molar-refractivity contribution in [3.8, 4) is 12.3 Å². The van der Waals surface area contributed by atoms with Gasteiger partial charge in [-0.3, -0.25) is 0 Å². The summed E-state index contributed by atoms with van der Waals surface area (Å²) in [6.45, 7) is 0. The fraction of sp³-hybridized carbons (Fsp3) is 0.833. The summed E-state index contributed by atoms with van der Waals surface area (Å²) in [5.41, 5.74) is 5.91. The first kappa shape index (κ1) is 13.4. The molecule has 2 N–H and O–H groups in total. The van der Waals surface area contributed by atoms with Crippen LogP contribution in [-0.2, 0) is 0 Å². The molecule has 0 amide bonds. The first-order chi connectivity index (χ1) is 7.45. The third-order valence-electron chi connectivity index (χ3n) is 3.46. The molecule has 92 valence electrons. The smallest absolute Gasteiger partial charge is 0.327 e. The van der Waals surface area contributed by atoms with Gasteiger partial charge in [0.15, 0.2) is 0 Å². The maximum atomic E-state index is 12.4. The van der Waals surface area contributed by atoms with Crippen molar-refractivity contribution in [2.45, 2.75) is 50.7 Å². The lowest BCUT2D eigenvalue weighted by atomic mass is 9.77. The number of hydrogen-bond acceptors (Lipinski definition) is 1. The van der Waals surface area contributed by atoms with Crippen molar-refractivity contribution in [3.63, 3.8) is 0 Å². The van der Waals surface area contributed by atoms with E-state index < -0.39 is 12.1 Å². The molecule has 1 aliphatic rings. The fourth-order valence-electron chi connectivity index (χ4n) is 2.36. The second kappa shape index (κ2) is 5.58. The molecule has 1 rings (SSSR count). The Balaban J connectivity index is 2.35. The highest BCUT2D eigenvalue weighted by molar-refractivity contribution is 4.88. The largest absolute Gasteiger partial charge is 0.391 e. The van der Waals surface area contributed by atoms with E-state index in [0.717, 1.165) is 6.42 Å². The molecule has 1 atom stereocenters. The Morgan fingerprint density at radius 2 is 1.81 bits per heavy atom. The maximum absolute atomic E-state index is 12.4. The summed E-state index contributed by atoms with van der Waals surface area (Å²) in [5, 5.41) is 0. The van der Waals surface area contributed by atoms with Crippen LogP contribution >= 0.6 is 0 Å². The van der Waals surface area contributed by atoms with Crippen LogP contribution in [0.2, 0.25) is 0 Å². The van der Waals surface area contributed by atoms with Crippen LogP contribution in [0.3, 0.4) is 0 Å². The standard InChI is InChI=1S/C12H18F3N/c1-2-3-4-11(16)9-5-7-10(8-6-9)12(13,14)15/h1,9-11H,3-8,16H2. The molecular weight excluding hydrogens is 215 g/mol. The van der Waals surface area contributed by atoms with Crippen molar-refractivity contribution in [2.75, 3.05) is 0 Å². The van der Waals surface area contributed by atoms with Gasteiger partial charge in [-0.05, 0) is 38.0 Å². The molecule has 1 saturated carbocycles.